The molecule has 0 amide bonds. The van der Waals surface area contributed by atoms with Gasteiger partial charge in [-0.1, -0.05) is 32.9 Å². The van der Waals surface area contributed by atoms with E-state index >= 15 is 0 Å². The Balaban J connectivity index is 1.79. The van der Waals surface area contributed by atoms with Crippen LogP contribution in [0.5, 0.6) is 0 Å². The maximum absolute atomic E-state index is 6.23. The number of aromatic nitrogens is 2. The summed E-state index contributed by atoms with van der Waals surface area (Å²) in [6.45, 7) is 9.12. The standard InChI is InChI=1S/C21H24ClN3S/c1-12-6-5-7-14(10-12)23-18-17-15-9-8-13(21(2,3)4)11-16(15)26-19(17)25-20(22)24-18/h5-7,10,13H,8-9,11H2,1-4H3,(H,23,24,25). The van der Waals surface area contributed by atoms with Crippen LogP contribution in [0.15, 0.2) is 24.3 Å². The summed E-state index contributed by atoms with van der Waals surface area (Å²) in [7, 11) is 0. The van der Waals surface area contributed by atoms with E-state index in [1.807, 2.05) is 0 Å². The number of benzene rings is 1. The Hall–Kier alpha value is -1.65. The Morgan fingerprint density at radius 3 is 2.77 bits per heavy atom. The molecule has 0 aliphatic heterocycles. The summed E-state index contributed by atoms with van der Waals surface area (Å²) in [6, 6.07) is 8.32. The lowest BCUT2D eigenvalue weighted by Gasteiger charge is -2.33. The van der Waals surface area contributed by atoms with Crippen molar-refractivity contribution in [3.63, 3.8) is 0 Å². The van der Waals surface area contributed by atoms with Crippen LogP contribution in [-0.4, -0.2) is 9.97 Å². The summed E-state index contributed by atoms with van der Waals surface area (Å²) in [5, 5.41) is 4.94. The van der Waals surface area contributed by atoms with Crippen molar-refractivity contribution in [2.24, 2.45) is 11.3 Å². The van der Waals surface area contributed by atoms with Gasteiger partial charge in [0.15, 0.2) is 0 Å². The molecule has 3 aromatic rings. The number of fused-ring (bicyclic) bond motifs is 3. The van der Waals surface area contributed by atoms with Crippen molar-refractivity contribution in [2.45, 2.75) is 47.0 Å². The molecule has 0 spiro atoms. The van der Waals surface area contributed by atoms with E-state index in [2.05, 4.69) is 67.2 Å². The lowest BCUT2D eigenvalue weighted by atomic mass is 9.72. The first kappa shape index (κ1) is 17.7. The average molecular weight is 386 g/mol. The zero-order valence-corrected chi connectivity index (χ0v) is 17.3. The molecule has 0 bridgehead atoms. The molecule has 1 N–H and O–H groups in total. The number of nitrogens with zero attached hydrogens (tertiary/aromatic N) is 2. The van der Waals surface area contributed by atoms with Gasteiger partial charge in [0.25, 0.3) is 0 Å². The summed E-state index contributed by atoms with van der Waals surface area (Å²) in [4.78, 5) is 11.5. The minimum absolute atomic E-state index is 0.304. The van der Waals surface area contributed by atoms with Gasteiger partial charge in [-0.05, 0) is 72.4 Å². The molecule has 1 unspecified atom stereocenters. The van der Waals surface area contributed by atoms with E-state index in [1.54, 1.807) is 11.3 Å². The van der Waals surface area contributed by atoms with Crippen LogP contribution in [0, 0.1) is 18.3 Å². The van der Waals surface area contributed by atoms with Crippen molar-refractivity contribution in [1.82, 2.24) is 9.97 Å². The Morgan fingerprint density at radius 1 is 1.23 bits per heavy atom. The third kappa shape index (κ3) is 3.33. The fraction of sp³-hybridized carbons (Fsp3) is 0.429. The summed E-state index contributed by atoms with van der Waals surface area (Å²) in [5.74, 6) is 1.54. The van der Waals surface area contributed by atoms with Gasteiger partial charge in [-0.15, -0.1) is 11.3 Å². The number of anilines is 2. The van der Waals surface area contributed by atoms with Gasteiger partial charge < -0.3 is 5.32 Å². The Bertz CT molecular complexity index is 971. The smallest absolute Gasteiger partial charge is 0.225 e. The van der Waals surface area contributed by atoms with Gasteiger partial charge in [-0.25, -0.2) is 4.98 Å². The summed E-state index contributed by atoms with van der Waals surface area (Å²) in [6.07, 6.45) is 3.43. The molecular formula is C21H24ClN3S. The Labute approximate surface area is 163 Å². The van der Waals surface area contributed by atoms with E-state index in [0.29, 0.717) is 16.6 Å². The summed E-state index contributed by atoms with van der Waals surface area (Å²) < 4.78 is 0. The highest BCUT2D eigenvalue weighted by Gasteiger charge is 2.31. The minimum Gasteiger partial charge on any atom is -0.340 e. The largest absolute Gasteiger partial charge is 0.340 e. The van der Waals surface area contributed by atoms with E-state index in [1.165, 1.54) is 22.4 Å². The van der Waals surface area contributed by atoms with Crippen LogP contribution >= 0.6 is 22.9 Å². The van der Waals surface area contributed by atoms with E-state index in [4.69, 9.17) is 11.6 Å². The number of hydrogen-bond donors (Lipinski definition) is 1. The Kier molecular flexibility index (Phi) is 4.44. The number of rotatable bonds is 2. The highest BCUT2D eigenvalue weighted by Crippen LogP contribution is 2.45. The van der Waals surface area contributed by atoms with Gasteiger partial charge in [0.05, 0.1) is 5.39 Å². The van der Waals surface area contributed by atoms with E-state index in [9.17, 15) is 0 Å². The second-order valence-electron chi connectivity index (χ2n) is 8.33. The van der Waals surface area contributed by atoms with Crippen LogP contribution in [0.2, 0.25) is 5.28 Å². The number of halogens is 1. The molecule has 0 saturated heterocycles. The molecule has 0 fully saturated rings. The van der Waals surface area contributed by atoms with Crippen LogP contribution < -0.4 is 5.32 Å². The monoisotopic (exact) mass is 385 g/mol. The Morgan fingerprint density at radius 2 is 2.04 bits per heavy atom. The zero-order valence-electron chi connectivity index (χ0n) is 15.7. The summed E-state index contributed by atoms with van der Waals surface area (Å²) in [5.41, 5.74) is 3.99. The first-order valence-corrected chi connectivity index (χ1v) is 10.3. The summed E-state index contributed by atoms with van der Waals surface area (Å²) >= 11 is 8.02. The fourth-order valence-corrected chi connectivity index (χ4v) is 5.36. The van der Waals surface area contributed by atoms with Crippen molar-refractivity contribution in [2.75, 3.05) is 5.32 Å². The fourth-order valence-electron chi connectivity index (χ4n) is 3.84. The van der Waals surface area contributed by atoms with Crippen LogP contribution in [0.3, 0.4) is 0 Å². The zero-order chi connectivity index (χ0) is 18.5. The minimum atomic E-state index is 0.304. The van der Waals surface area contributed by atoms with E-state index < -0.39 is 0 Å². The lowest BCUT2D eigenvalue weighted by molar-refractivity contribution is 0.218. The van der Waals surface area contributed by atoms with Crippen molar-refractivity contribution in [3.05, 3.63) is 45.6 Å². The highest BCUT2D eigenvalue weighted by atomic mass is 35.5. The first-order chi connectivity index (χ1) is 12.3. The molecule has 26 heavy (non-hydrogen) atoms. The van der Waals surface area contributed by atoms with Crippen molar-refractivity contribution >= 4 is 44.7 Å². The SMILES string of the molecule is Cc1cccc(Nc2nc(Cl)nc3sc4c(c23)CCC(C(C)(C)C)C4)c1. The van der Waals surface area contributed by atoms with Crippen molar-refractivity contribution in [1.29, 1.82) is 0 Å². The van der Waals surface area contributed by atoms with Crippen LogP contribution in [0.1, 0.15) is 43.2 Å². The quantitative estimate of drug-likeness (QED) is 0.508. The molecule has 1 aliphatic rings. The van der Waals surface area contributed by atoms with Gasteiger partial charge in [-0.3, -0.25) is 0 Å². The van der Waals surface area contributed by atoms with Crippen LogP contribution in [0.4, 0.5) is 11.5 Å². The molecule has 0 radical (unpaired) electrons. The van der Waals surface area contributed by atoms with Crippen molar-refractivity contribution in [3.8, 4) is 0 Å². The predicted molar refractivity (Wildman–Crippen MR) is 112 cm³/mol. The molecule has 2 heterocycles. The second-order valence-corrected chi connectivity index (χ2v) is 9.75. The van der Waals surface area contributed by atoms with Gasteiger partial charge in [0, 0.05) is 10.6 Å². The second kappa shape index (κ2) is 6.50. The first-order valence-electron chi connectivity index (χ1n) is 9.13. The predicted octanol–water partition coefficient (Wildman–Crippen LogP) is 6.55. The number of nitrogens with one attached hydrogen (secondary N) is 1. The molecule has 0 saturated carbocycles. The topological polar surface area (TPSA) is 37.8 Å². The van der Waals surface area contributed by atoms with Crippen molar-refractivity contribution < 1.29 is 0 Å². The van der Waals surface area contributed by atoms with E-state index in [-0.39, 0.29) is 0 Å². The van der Waals surface area contributed by atoms with Gasteiger partial charge in [0.1, 0.15) is 10.6 Å². The molecular weight excluding hydrogens is 362 g/mol. The maximum atomic E-state index is 6.23. The molecule has 2 aromatic heterocycles. The van der Waals surface area contributed by atoms with Gasteiger partial charge in [0.2, 0.25) is 5.28 Å². The highest BCUT2D eigenvalue weighted by molar-refractivity contribution is 7.19. The molecule has 4 rings (SSSR count). The third-order valence-electron chi connectivity index (χ3n) is 5.39. The maximum Gasteiger partial charge on any atom is 0.225 e. The number of thiophene rings is 1. The lowest BCUT2D eigenvalue weighted by Crippen LogP contribution is -2.26. The van der Waals surface area contributed by atoms with Crippen LogP contribution in [0.25, 0.3) is 10.2 Å². The number of hydrogen-bond acceptors (Lipinski definition) is 4. The molecule has 136 valence electrons. The third-order valence-corrected chi connectivity index (χ3v) is 6.70. The van der Waals surface area contributed by atoms with Gasteiger partial charge >= 0.3 is 0 Å². The molecule has 5 heteroatoms. The molecule has 1 aromatic carbocycles. The molecule has 1 aliphatic carbocycles. The molecule has 1 atom stereocenters. The van der Waals surface area contributed by atoms with Crippen LogP contribution in [-0.2, 0) is 12.8 Å². The van der Waals surface area contributed by atoms with Gasteiger partial charge in [-0.2, -0.15) is 4.98 Å². The van der Waals surface area contributed by atoms with E-state index in [0.717, 1.165) is 34.6 Å². The number of aryl methyl sites for hydroxylation is 2. The average Bonchev–Trinajstić information content (AvgIpc) is 2.91. The normalized spacial score (nSPS) is 17.3. The molecule has 3 nitrogen and oxygen atoms in total.